The second-order valence-electron chi connectivity index (χ2n) is 7.01. The van der Waals surface area contributed by atoms with Gasteiger partial charge in [-0.3, -0.25) is 0 Å². The number of rotatable bonds is 2. The molecule has 6 nitrogen and oxygen atoms in total. The minimum absolute atomic E-state index is 0. The van der Waals surface area contributed by atoms with E-state index in [4.69, 9.17) is 8.83 Å². The Morgan fingerprint density at radius 3 is 1.24 bits per heavy atom. The number of fused-ring (bicyclic) bond motifs is 2. The van der Waals surface area contributed by atoms with Crippen LogP contribution in [0.4, 0.5) is 0 Å². The molecule has 1 radical (unpaired) electrons. The summed E-state index contributed by atoms with van der Waals surface area (Å²) in [5, 5.41) is 19.4. The Bertz CT molecular complexity index is 1340. The number of benzene rings is 4. The third-order valence-electron chi connectivity index (χ3n) is 4.86. The third-order valence-corrected chi connectivity index (χ3v) is 4.86. The molecule has 0 aliphatic rings. The Morgan fingerprint density at radius 1 is 0.485 bits per heavy atom. The monoisotopic (exact) mass is 619 g/mol. The van der Waals surface area contributed by atoms with E-state index in [2.05, 4.69) is 9.97 Å². The fourth-order valence-corrected chi connectivity index (χ4v) is 3.28. The van der Waals surface area contributed by atoms with Crippen LogP contribution in [0.1, 0.15) is 0 Å². The molecule has 2 aromatic heterocycles. The van der Waals surface area contributed by atoms with Gasteiger partial charge >= 0.3 is 0 Å². The van der Waals surface area contributed by atoms with Crippen molar-refractivity contribution in [2.24, 2.45) is 0 Å². The molecular weight excluding hydrogens is 601 g/mol. The number of oxazole rings is 2. The quantitative estimate of drug-likeness (QED) is 0.218. The zero-order chi connectivity index (χ0) is 21.9. The van der Waals surface area contributed by atoms with Gasteiger partial charge in [-0.25, -0.2) is 9.97 Å². The topological polar surface area (TPSA) is 92.5 Å². The van der Waals surface area contributed by atoms with Gasteiger partial charge in [-0.2, -0.15) is 0 Å². The standard InChI is InChI=1S/2C13H9NO2.Au/c2*15-11-7-3-1-5-9(11)13-14-10-6-2-4-8-12(10)16-13;/h2*1-8,15H;. The van der Waals surface area contributed by atoms with Crippen molar-refractivity contribution >= 4 is 22.2 Å². The molecule has 0 aliphatic carbocycles. The van der Waals surface area contributed by atoms with Crippen LogP contribution in [-0.2, 0) is 22.4 Å². The third kappa shape index (κ3) is 4.68. The van der Waals surface area contributed by atoms with Crippen molar-refractivity contribution < 1.29 is 41.4 Å². The van der Waals surface area contributed by atoms with E-state index < -0.39 is 0 Å². The second kappa shape index (κ2) is 9.75. The molecule has 2 N–H and O–H groups in total. The Hall–Kier alpha value is -3.84. The number of hydrogen-bond acceptors (Lipinski definition) is 6. The Morgan fingerprint density at radius 2 is 0.848 bits per heavy atom. The Kier molecular flexibility index (Phi) is 6.61. The SMILES string of the molecule is Oc1ccccc1-c1nc2ccccc2o1.Oc1ccccc1-c1nc2ccccc2o1.[Au]. The van der Waals surface area contributed by atoms with Gasteiger partial charge in [0.25, 0.3) is 0 Å². The van der Waals surface area contributed by atoms with E-state index in [1.54, 1.807) is 36.4 Å². The minimum atomic E-state index is 0. The summed E-state index contributed by atoms with van der Waals surface area (Å²) in [5.74, 6) is 1.24. The summed E-state index contributed by atoms with van der Waals surface area (Å²) >= 11 is 0. The first kappa shape index (κ1) is 22.4. The van der Waals surface area contributed by atoms with Gasteiger partial charge in [0, 0.05) is 22.4 Å². The van der Waals surface area contributed by atoms with Crippen LogP contribution in [0, 0.1) is 0 Å². The fourth-order valence-electron chi connectivity index (χ4n) is 3.28. The van der Waals surface area contributed by atoms with E-state index in [0.29, 0.717) is 22.9 Å². The van der Waals surface area contributed by atoms with Crippen LogP contribution in [0.3, 0.4) is 0 Å². The molecule has 0 atom stereocenters. The molecule has 0 saturated carbocycles. The van der Waals surface area contributed by atoms with E-state index >= 15 is 0 Å². The summed E-state index contributed by atoms with van der Waals surface area (Å²) < 4.78 is 11.1. The van der Waals surface area contributed by atoms with Gasteiger partial charge in [0.2, 0.25) is 11.8 Å². The van der Waals surface area contributed by atoms with E-state index in [9.17, 15) is 10.2 Å². The molecule has 0 spiro atoms. The maximum absolute atomic E-state index is 9.69. The molecule has 0 amide bonds. The van der Waals surface area contributed by atoms with Crippen molar-refractivity contribution in [1.82, 2.24) is 9.97 Å². The minimum Gasteiger partial charge on any atom is -0.507 e. The van der Waals surface area contributed by atoms with Crippen molar-refractivity contribution in [2.45, 2.75) is 0 Å². The molecule has 0 bridgehead atoms. The molecular formula is C26H18AuN2O4. The molecule has 6 rings (SSSR count). The number of hydrogen-bond donors (Lipinski definition) is 2. The van der Waals surface area contributed by atoms with Gasteiger partial charge in [-0.1, -0.05) is 48.5 Å². The van der Waals surface area contributed by atoms with Crippen molar-refractivity contribution in [3.63, 3.8) is 0 Å². The van der Waals surface area contributed by atoms with E-state index in [0.717, 1.165) is 22.2 Å². The van der Waals surface area contributed by atoms with Crippen molar-refractivity contribution in [2.75, 3.05) is 0 Å². The normalized spacial score (nSPS) is 10.4. The number of para-hydroxylation sites is 6. The van der Waals surface area contributed by atoms with Crippen LogP contribution in [-0.4, -0.2) is 20.2 Å². The van der Waals surface area contributed by atoms with E-state index in [1.807, 2.05) is 60.7 Å². The van der Waals surface area contributed by atoms with Crippen LogP contribution in [0.5, 0.6) is 11.5 Å². The molecule has 0 unspecified atom stereocenters. The first-order valence-electron chi connectivity index (χ1n) is 9.97. The predicted octanol–water partition coefficient (Wildman–Crippen LogP) is 6.40. The Balaban J connectivity index is 0.000000152. The van der Waals surface area contributed by atoms with Crippen molar-refractivity contribution in [3.8, 4) is 34.4 Å². The van der Waals surface area contributed by atoms with Crippen molar-refractivity contribution in [1.29, 1.82) is 0 Å². The van der Waals surface area contributed by atoms with Gasteiger partial charge in [-0.15, -0.1) is 0 Å². The maximum Gasteiger partial charge on any atom is 0.231 e. The number of nitrogens with zero attached hydrogens (tertiary/aromatic N) is 2. The maximum atomic E-state index is 9.69. The number of aromatic nitrogens is 2. The average molecular weight is 619 g/mol. The zero-order valence-corrected chi connectivity index (χ0v) is 19.3. The number of aromatic hydroxyl groups is 2. The summed E-state index contributed by atoms with van der Waals surface area (Å²) in [6.07, 6.45) is 0. The predicted molar refractivity (Wildman–Crippen MR) is 122 cm³/mol. The molecule has 33 heavy (non-hydrogen) atoms. The summed E-state index contributed by atoms with van der Waals surface area (Å²) in [4.78, 5) is 8.63. The van der Waals surface area contributed by atoms with E-state index in [1.165, 1.54) is 0 Å². The molecule has 0 aliphatic heterocycles. The molecule has 7 heteroatoms. The molecule has 6 aromatic rings. The largest absolute Gasteiger partial charge is 0.507 e. The van der Waals surface area contributed by atoms with Crippen LogP contribution in [0.15, 0.2) is 106 Å². The van der Waals surface area contributed by atoms with Crippen LogP contribution >= 0.6 is 0 Å². The zero-order valence-electron chi connectivity index (χ0n) is 17.1. The van der Waals surface area contributed by atoms with Crippen molar-refractivity contribution in [3.05, 3.63) is 97.1 Å². The first-order valence-corrected chi connectivity index (χ1v) is 9.97. The fraction of sp³-hybridized carbons (Fsp3) is 0. The average Bonchev–Trinajstić information content (AvgIpc) is 3.44. The molecule has 2 heterocycles. The summed E-state index contributed by atoms with van der Waals surface area (Å²) in [5.41, 5.74) is 4.25. The smallest absolute Gasteiger partial charge is 0.231 e. The van der Waals surface area contributed by atoms with Gasteiger partial charge in [-0.05, 0) is 48.5 Å². The molecule has 4 aromatic carbocycles. The summed E-state index contributed by atoms with van der Waals surface area (Å²) in [6, 6.07) is 29.0. The second-order valence-corrected chi connectivity index (χ2v) is 7.01. The first-order chi connectivity index (χ1) is 15.7. The molecule has 0 fully saturated rings. The van der Waals surface area contributed by atoms with Gasteiger partial charge in [0.05, 0.1) is 11.1 Å². The number of phenols is 2. The molecule has 0 saturated heterocycles. The Labute approximate surface area is 204 Å². The van der Waals surface area contributed by atoms with Gasteiger partial charge < -0.3 is 19.0 Å². The van der Waals surface area contributed by atoms with Crippen LogP contribution in [0.25, 0.3) is 45.1 Å². The summed E-state index contributed by atoms with van der Waals surface area (Å²) in [6.45, 7) is 0. The van der Waals surface area contributed by atoms with Crippen LogP contribution in [0.2, 0.25) is 0 Å². The van der Waals surface area contributed by atoms with Gasteiger partial charge in [0.1, 0.15) is 22.5 Å². The molecule has 167 valence electrons. The summed E-state index contributed by atoms with van der Waals surface area (Å²) in [7, 11) is 0. The van der Waals surface area contributed by atoms with E-state index in [-0.39, 0.29) is 33.9 Å². The van der Waals surface area contributed by atoms with Crippen LogP contribution < -0.4 is 0 Å². The number of phenolic OH excluding ortho intramolecular Hbond substituents is 2. The van der Waals surface area contributed by atoms with Gasteiger partial charge in [0.15, 0.2) is 11.2 Å².